The van der Waals surface area contributed by atoms with Crippen LogP contribution in [0.3, 0.4) is 0 Å². The summed E-state index contributed by atoms with van der Waals surface area (Å²) in [5.41, 5.74) is 16.6. The first-order valence-corrected chi connectivity index (χ1v) is 11.8. The fraction of sp³-hybridized carbons (Fsp3) is 0.259. The van der Waals surface area contributed by atoms with Crippen molar-refractivity contribution in [2.75, 3.05) is 19.8 Å². The van der Waals surface area contributed by atoms with E-state index in [1.54, 1.807) is 26.4 Å². The molecule has 0 fully saturated rings. The molecule has 2 aromatic carbocycles. The number of aliphatic imine (C=N–C) groups is 1. The summed E-state index contributed by atoms with van der Waals surface area (Å²) in [6.07, 6.45) is 4.58. The van der Waals surface area contributed by atoms with Crippen LogP contribution in [0.25, 0.3) is 10.8 Å². The molecule has 1 aromatic heterocycles. The molecule has 188 valence electrons. The van der Waals surface area contributed by atoms with Gasteiger partial charge in [0.05, 0.1) is 18.5 Å². The topological polar surface area (TPSA) is 127 Å². The maximum Gasteiger partial charge on any atom is 0.254 e. The number of hydrogen-bond acceptors (Lipinski definition) is 6. The van der Waals surface area contributed by atoms with Gasteiger partial charge >= 0.3 is 0 Å². The number of benzene rings is 2. The fourth-order valence-corrected chi connectivity index (χ4v) is 4.12. The lowest BCUT2D eigenvalue weighted by Crippen LogP contribution is -2.26. The average molecular weight is 507 g/mol. The Kier molecular flexibility index (Phi) is 8.66. The zero-order chi connectivity index (χ0) is 26.4. The van der Waals surface area contributed by atoms with Gasteiger partial charge in [0, 0.05) is 49.7 Å². The summed E-state index contributed by atoms with van der Waals surface area (Å²) in [4.78, 5) is 34.7. The minimum Gasteiger partial charge on any atom is -0.404 e. The van der Waals surface area contributed by atoms with Crippen molar-refractivity contribution in [2.45, 2.75) is 33.4 Å². The zero-order valence-electron chi connectivity index (χ0n) is 20.9. The molecule has 0 aliphatic heterocycles. The second-order valence-electron chi connectivity index (χ2n) is 8.75. The molecule has 1 heterocycles. The van der Waals surface area contributed by atoms with Crippen molar-refractivity contribution in [3.8, 4) is 0 Å². The van der Waals surface area contributed by atoms with Crippen molar-refractivity contribution in [1.29, 1.82) is 0 Å². The molecule has 36 heavy (non-hydrogen) atoms. The summed E-state index contributed by atoms with van der Waals surface area (Å²) < 4.78 is 0. The molecule has 0 aliphatic carbocycles. The second-order valence-corrected chi connectivity index (χ2v) is 9.16. The molecule has 0 saturated heterocycles. The first-order valence-electron chi connectivity index (χ1n) is 11.4. The number of nitrogens with two attached hydrogens (primary N) is 2. The van der Waals surface area contributed by atoms with Crippen LogP contribution >= 0.6 is 11.6 Å². The Balaban J connectivity index is 1.64. The third-order valence-electron chi connectivity index (χ3n) is 6.04. The molecule has 9 heteroatoms. The Morgan fingerprint density at radius 3 is 2.58 bits per heavy atom. The predicted molar refractivity (Wildman–Crippen MR) is 146 cm³/mol. The molecule has 5 N–H and O–H groups in total. The van der Waals surface area contributed by atoms with Gasteiger partial charge < -0.3 is 21.7 Å². The number of carbonyl (C=O) groups is 2. The van der Waals surface area contributed by atoms with Gasteiger partial charge in [-0.3, -0.25) is 14.6 Å². The molecular formula is C27H31ClN6O2. The number of nitrogens with one attached hydrogen (secondary N) is 1. The van der Waals surface area contributed by atoms with E-state index < -0.39 is 0 Å². The molecule has 8 nitrogen and oxygen atoms in total. The van der Waals surface area contributed by atoms with Crippen molar-refractivity contribution in [1.82, 2.24) is 15.2 Å². The maximum absolute atomic E-state index is 12.7. The summed E-state index contributed by atoms with van der Waals surface area (Å²) in [7, 11) is 3.41. The molecule has 0 unspecified atom stereocenters. The molecule has 3 rings (SSSR count). The number of pyridine rings is 1. The summed E-state index contributed by atoms with van der Waals surface area (Å²) in [5.74, 6) is 0.128. The van der Waals surface area contributed by atoms with Crippen LogP contribution < -0.4 is 16.8 Å². The first-order chi connectivity index (χ1) is 17.1. The SMILES string of the molecule is Cc1cc2c(N)nccc2c(C)c1CNC(=O)/C(C=NCc1ccc(CC(=O)N(C)C)c(Cl)c1)=C/N. The van der Waals surface area contributed by atoms with E-state index in [-0.39, 0.29) is 23.8 Å². The third kappa shape index (κ3) is 6.20. The van der Waals surface area contributed by atoms with Crippen molar-refractivity contribution in [3.05, 3.63) is 81.1 Å². The van der Waals surface area contributed by atoms with Gasteiger partial charge in [-0.25, -0.2) is 4.98 Å². The van der Waals surface area contributed by atoms with Crippen LogP contribution in [0.2, 0.25) is 5.02 Å². The third-order valence-corrected chi connectivity index (χ3v) is 6.40. The Bertz CT molecular complexity index is 1360. The summed E-state index contributed by atoms with van der Waals surface area (Å²) >= 11 is 6.34. The standard InChI is InChI=1S/C27H31ClN6O2/c1-16-9-22-21(7-8-32-26(22)30)17(2)23(16)15-33-27(36)20(12-29)14-31-13-18-5-6-19(24(28)10-18)11-25(35)34(3)4/h5-10,12,14H,11,13,15,29H2,1-4H3,(H2,30,32)(H,33,36)/b20-12+,31-14?. The number of aromatic nitrogens is 1. The normalized spacial score (nSPS) is 11.8. The van der Waals surface area contributed by atoms with Gasteiger partial charge in [0.15, 0.2) is 0 Å². The van der Waals surface area contributed by atoms with Crippen molar-refractivity contribution < 1.29 is 9.59 Å². The van der Waals surface area contributed by atoms with Crippen molar-refractivity contribution in [3.63, 3.8) is 0 Å². The van der Waals surface area contributed by atoms with Gasteiger partial charge in [-0.1, -0.05) is 23.7 Å². The molecule has 0 aliphatic rings. The monoisotopic (exact) mass is 506 g/mol. The van der Waals surface area contributed by atoms with Crippen LogP contribution in [-0.2, 0) is 29.1 Å². The number of halogens is 1. The number of amides is 2. The fourth-order valence-electron chi connectivity index (χ4n) is 3.85. The van der Waals surface area contributed by atoms with Crippen LogP contribution in [0.5, 0.6) is 0 Å². The van der Waals surface area contributed by atoms with Crippen molar-refractivity contribution in [2.24, 2.45) is 10.7 Å². The lowest BCUT2D eigenvalue weighted by atomic mass is 9.96. The van der Waals surface area contributed by atoms with Gasteiger partial charge in [-0.15, -0.1) is 0 Å². The molecular weight excluding hydrogens is 476 g/mol. The number of nitrogen functional groups attached to an aromatic ring is 1. The van der Waals surface area contributed by atoms with Gasteiger partial charge in [0.1, 0.15) is 5.82 Å². The number of aryl methyl sites for hydroxylation is 2. The molecule has 0 atom stereocenters. The highest BCUT2D eigenvalue weighted by Gasteiger charge is 2.13. The molecule has 3 aromatic rings. The molecule has 0 radical (unpaired) electrons. The second kappa shape index (κ2) is 11.7. The van der Waals surface area contributed by atoms with E-state index in [1.807, 2.05) is 38.1 Å². The van der Waals surface area contributed by atoms with Gasteiger partial charge in [0.2, 0.25) is 5.91 Å². The van der Waals surface area contributed by atoms with Crippen molar-refractivity contribution >= 4 is 46.2 Å². The summed E-state index contributed by atoms with van der Waals surface area (Å²) in [6.45, 7) is 4.63. The number of hydrogen-bond donors (Lipinski definition) is 3. The molecule has 0 spiro atoms. The van der Waals surface area contributed by atoms with E-state index >= 15 is 0 Å². The average Bonchev–Trinajstić information content (AvgIpc) is 2.83. The summed E-state index contributed by atoms with van der Waals surface area (Å²) in [5, 5.41) is 5.33. The Morgan fingerprint density at radius 1 is 1.17 bits per heavy atom. The number of likely N-dealkylation sites (N-methyl/N-ethyl adjacent to an activating group) is 1. The highest BCUT2D eigenvalue weighted by Crippen LogP contribution is 2.28. The zero-order valence-corrected chi connectivity index (χ0v) is 21.7. The van der Waals surface area contributed by atoms with Crippen LogP contribution in [0.1, 0.15) is 27.8 Å². The number of nitrogens with zero attached hydrogens (tertiary/aromatic N) is 3. The number of rotatable bonds is 8. The predicted octanol–water partition coefficient (Wildman–Crippen LogP) is 3.45. The number of anilines is 1. The lowest BCUT2D eigenvalue weighted by Gasteiger charge is -2.15. The van der Waals surface area contributed by atoms with E-state index in [2.05, 4.69) is 15.3 Å². The quantitative estimate of drug-likeness (QED) is 0.318. The van der Waals surface area contributed by atoms with Crippen LogP contribution in [0, 0.1) is 13.8 Å². The smallest absolute Gasteiger partial charge is 0.254 e. The number of carbonyl (C=O) groups excluding carboxylic acids is 2. The molecule has 0 bridgehead atoms. The molecule has 2 amide bonds. The Hall–Kier alpha value is -3.91. The lowest BCUT2D eigenvalue weighted by molar-refractivity contribution is -0.128. The van der Waals surface area contributed by atoms with Gasteiger partial charge in [-0.05, 0) is 65.3 Å². The van der Waals surface area contributed by atoms with Crippen LogP contribution in [-0.4, -0.2) is 42.0 Å². The minimum absolute atomic E-state index is 0.0263. The Morgan fingerprint density at radius 2 is 1.92 bits per heavy atom. The highest BCUT2D eigenvalue weighted by atomic mass is 35.5. The van der Waals surface area contributed by atoms with E-state index in [9.17, 15) is 9.59 Å². The maximum atomic E-state index is 12.7. The van der Waals surface area contributed by atoms with E-state index in [0.717, 1.165) is 38.6 Å². The van der Waals surface area contributed by atoms with E-state index in [4.69, 9.17) is 23.1 Å². The minimum atomic E-state index is -0.329. The summed E-state index contributed by atoms with van der Waals surface area (Å²) in [6, 6.07) is 9.36. The Labute approximate surface area is 216 Å². The van der Waals surface area contributed by atoms with E-state index in [1.165, 1.54) is 17.3 Å². The van der Waals surface area contributed by atoms with Gasteiger partial charge in [-0.2, -0.15) is 0 Å². The van der Waals surface area contributed by atoms with Crippen LogP contribution in [0.4, 0.5) is 5.82 Å². The van der Waals surface area contributed by atoms with Gasteiger partial charge in [0.25, 0.3) is 5.91 Å². The first kappa shape index (κ1) is 26.7. The molecule has 0 saturated carbocycles. The largest absolute Gasteiger partial charge is 0.404 e. The highest BCUT2D eigenvalue weighted by molar-refractivity contribution is 6.31. The van der Waals surface area contributed by atoms with Crippen LogP contribution in [0.15, 0.2) is 53.3 Å². The number of fused-ring (bicyclic) bond motifs is 1. The van der Waals surface area contributed by atoms with E-state index in [0.29, 0.717) is 23.9 Å².